The predicted molar refractivity (Wildman–Crippen MR) is 75.8 cm³/mol. The summed E-state index contributed by atoms with van der Waals surface area (Å²) in [6, 6.07) is 16.7. The third kappa shape index (κ3) is 3.34. The van der Waals surface area contributed by atoms with Gasteiger partial charge in [0.25, 0.3) is 0 Å². The number of nitrogens with two attached hydrogens (primary N) is 1. The average Bonchev–Trinajstić information content (AvgIpc) is 2.38. The molecule has 0 saturated heterocycles. The van der Waals surface area contributed by atoms with E-state index in [0.29, 0.717) is 6.61 Å². The zero-order chi connectivity index (χ0) is 13.0. The number of hydrogen-bond donors (Lipinski definition) is 1. The molecule has 0 heterocycles. The van der Waals surface area contributed by atoms with Crippen LogP contribution in [0.15, 0.2) is 48.5 Å². The number of benzene rings is 2. The molecule has 0 bridgehead atoms. The maximum absolute atomic E-state index is 5.65. The van der Waals surface area contributed by atoms with Crippen LogP contribution in [-0.4, -0.2) is 12.6 Å². The highest BCUT2D eigenvalue weighted by atomic mass is 16.5. The first-order valence-electron chi connectivity index (χ1n) is 6.20. The van der Waals surface area contributed by atoms with Gasteiger partial charge in [0.05, 0.1) is 0 Å². The first kappa shape index (κ1) is 12.7. The quantitative estimate of drug-likeness (QED) is 0.890. The van der Waals surface area contributed by atoms with Crippen molar-refractivity contribution in [3.63, 3.8) is 0 Å². The Morgan fingerprint density at radius 3 is 1.94 bits per heavy atom. The summed E-state index contributed by atoms with van der Waals surface area (Å²) in [6.45, 7) is 4.57. The largest absolute Gasteiger partial charge is 0.492 e. The van der Waals surface area contributed by atoms with Crippen LogP contribution < -0.4 is 10.5 Å². The Kier molecular flexibility index (Phi) is 4.00. The predicted octanol–water partition coefficient (Wildman–Crippen LogP) is 3.39. The summed E-state index contributed by atoms with van der Waals surface area (Å²) >= 11 is 0. The van der Waals surface area contributed by atoms with E-state index in [0.717, 1.165) is 5.75 Å². The van der Waals surface area contributed by atoms with Gasteiger partial charge < -0.3 is 10.5 Å². The molecular formula is C16H19NO. The zero-order valence-corrected chi connectivity index (χ0v) is 10.9. The highest BCUT2D eigenvalue weighted by Crippen LogP contribution is 2.22. The third-order valence-corrected chi connectivity index (χ3v) is 2.75. The van der Waals surface area contributed by atoms with Gasteiger partial charge in [0.15, 0.2) is 0 Å². The molecule has 94 valence electrons. The van der Waals surface area contributed by atoms with E-state index in [-0.39, 0.29) is 6.04 Å². The van der Waals surface area contributed by atoms with E-state index < -0.39 is 0 Å². The van der Waals surface area contributed by atoms with Gasteiger partial charge in [-0.3, -0.25) is 0 Å². The summed E-state index contributed by atoms with van der Waals surface area (Å²) in [5, 5.41) is 0. The molecule has 0 amide bonds. The molecular weight excluding hydrogens is 222 g/mol. The first-order valence-corrected chi connectivity index (χ1v) is 6.20. The fraction of sp³-hybridized carbons (Fsp3) is 0.250. The van der Waals surface area contributed by atoms with Crippen LogP contribution in [0.4, 0.5) is 0 Å². The molecule has 0 spiro atoms. The van der Waals surface area contributed by atoms with Gasteiger partial charge in [0.2, 0.25) is 0 Å². The fourth-order valence-corrected chi connectivity index (χ4v) is 1.72. The van der Waals surface area contributed by atoms with Crippen molar-refractivity contribution in [3.8, 4) is 16.9 Å². The molecule has 0 aliphatic heterocycles. The van der Waals surface area contributed by atoms with Gasteiger partial charge >= 0.3 is 0 Å². The van der Waals surface area contributed by atoms with E-state index in [1.807, 2.05) is 19.1 Å². The molecule has 0 saturated carbocycles. The molecule has 2 nitrogen and oxygen atoms in total. The molecule has 0 radical (unpaired) electrons. The van der Waals surface area contributed by atoms with Crippen LogP contribution in [0.3, 0.4) is 0 Å². The molecule has 0 aliphatic carbocycles. The Bertz CT molecular complexity index is 486. The Morgan fingerprint density at radius 2 is 1.44 bits per heavy atom. The number of aryl methyl sites for hydroxylation is 1. The third-order valence-electron chi connectivity index (χ3n) is 2.75. The van der Waals surface area contributed by atoms with Crippen LogP contribution >= 0.6 is 0 Å². The highest BCUT2D eigenvalue weighted by molar-refractivity contribution is 5.64. The Balaban J connectivity index is 2.09. The highest BCUT2D eigenvalue weighted by Gasteiger charge is 2.00. The smallest absolute Gasteiger partial charge is 0.119 e. The Morgan fingerprint density at radius 1 is 0.944 bits per heavy atom. The van der Waals surface area contributed by atoms with Crippen molar-refractivity contribution in [2.75, 3.05) is 6.61 Å². The van der Waals surface area contributed by atoms with E-state index in [1.165, 1.54) is 16.7 Å². The van der Waals surface area contributed by atoms with Crippen molar-refractivity contribution in [1.82, 2.24) is 0 Å². The lowest BCUT2D eigenvalue weighted by Gasteiger charge is -2.09. The summed E-state index contributed by atoms with van der Waals surface area (Å²) < 4.78 is 5.55. The van der Waals surface area contributed by atoms with Gasteiger partial charge in [0.1, 0.15) is 12.4 Å². The normalized spacial score (nSPS) is 12.2. The molecule has 0 aromatic heterocycles. The second-order valence-electron chi connectivity index (χ2n) is 4.68. The second-order valence-corrected chi connectivity index (χ2v) is 4.68. The molecule has 2 aromatic rings. The van der Waals surface area contributed by atoms with E-state index in [1.54, 1.807) is 0 Å². The number of ether oxygens (including phenoxy) is 1. The second kappa shape index (κ2) is 5.69. The number of rotatable bonds is 4. The van der Waals surface area contributed by atoms with Crippen LogP contribution in [0.5, 0.6) is 5.75 Å². The van der Waals surface area contributed by atoms with Crippen molar-refractivity contribution in [3.05, 3.63) is 54.1 Å². The maximum atomic E-state index is 5.65. The van der Waals surface area contributed by atoms with Gasteiger partial charge in [-0.05, 0) is 37.1 Å². The molecule has 1 atom stereocenters. The van der Waals surface area contributed by atoms with Gasteiger partial charge in [-0.25, -0.2) is 0 Å². The molecule has 1 unspecified atom stereocenters. The van der Waals surface area contributed by atoms with Crippen molar-refractivity contribution >= 4 is 0 Å². The fourth-order valence-electron chi connectivity index (χ4n) is 1.72. The molecule has 2 N–H and O–H groups in total. The lowest BCUT2D eigenvalue weighted by molar-refractivity contribution is 0.296. The van der Waals surface area contributed by atoms with Crippen LogP contribution in [0.1, 0.15) is 12.5 Å². The van der Waals surface area contributed by atoms with Crippen molar-refractivity contribution in [2.24, 2.45) is 5.73 Å². The summed E-state index contributed by atoms with van der Waals surface area (Å²) in [4.78, 5) is 0. The minimum Gasteiger partial charge on any atom is -0.492 e. The van der Waals surface area contributed by atoms with E-state index in [9.17, 15) is 0 Å². The van der Waals surface area contributed by atoms with Crippen LogP contribution in [-0.2, 0) is 0 Å². The Labute approximate surface area is 108 Å². The summed E-state index contributed by atoms with van der Waals surface area (Å²) in [5.74, 6) is 0.864. The molecule has 0 aliphatic rings. The van der Waals surface area contributed by atoms with E-state index in [4.69, 9.17) is 10.5 Å². The number of hydrogen-bond acceptors (Lipinski definition) is 2. The lowest BCUT2D eigenvalue weighted by atomic mass is 10.0. The van der Waals surface area contributed by atoms with E-state index in [2.05, 4.69) is 43.3 Å². The lowest BCUT2D eigenvalue weighted by Crippen LogP contribution is -2.23. The van der Waals surface area contributed by atoms with Crippen LogP contribution in [0.2, 0.25) is 0 Å². The van der Waals surface area contributed by atoms with Crippen molar-refractivity contribution in [2.45, 2.75) is 19.9 Å². The van der Waals surface area contributed by atoms with Crippen molar-refractivity contribution in [1.29, 1.82) is 0 Å². The molecule has 0 fully saturated rings. The monoisotopic (exact) mass is 241 g/mol. The van der Waals surface area contributed by atoms with E-state index >= 15 is 0 Å². The average molecular weight is 241 g/mol. The standard InChI is InChI=1S/C16H19NO/c1-12-3-5-14(6-4-12)15-7-9-16(10-8-15)18-11-13(2)17/h3-10,13H,11,17H2,1-2H3. The van der Waals surface area contributed by atoms with Crippen molar-refractivity contribution < 1.29 is 4.74 Å². The topological polar surface area (TPSA) is 35.2 Å². The summed E-state index contributed by atoms with van der Waals surface area (Å²) in [7, 11) is 0. The van der Waals surface area contributed by atoms with Gasteiger partial charge in [-0.2, -0.15) is 0 Å². The van der Waals surface area contributed by atoms with Gasteiger partial charge in [-0.1, -0.05) is 42.0 Å². The molecule has 2 heteroatoms. The Hall–Kier alpha value is -1.80. The van der Waals surface area contributed by atoms with Gasteiger partial charge in [0, 0.05) is 6.04 Å². The minimum absolute atomic E-state index is 0.0572. The first-order chi connectivity index (χ1) is 8.65. The molecule has 2 rings (SSSR count). The zero-order valence-electron chi connectivity index (χ0n) is 10.9. The van der Waals surface area contributed by atoms with Crippen LogP contribution in [0.25, 0.3) is 11.1 Å². The van der Waals surface area contributed by atoms with Crippen LogP contribution in [0, 0.1) is 6.92 Å². The summed E-state index contributed by atoms with van der Waals surface area (Å²) in [5.41, 5.74) is 9.34. The molecule has 18 heavy (non-hydrogen) atoms. The summed E-state index contributed by atoms with van der Waals surface area (Å²) in [6.07, 6.45) is 0. The SMILES string of the molecule is Cc1ccc(-c2ccc(OCC(C)N)cc2)cc1. The molecule has 2 aromatic carbocycles. The minimum atomic E-state index is 0.0572. The van der Waals surface area contributed by atoms with Gasteiger partial charge in [-0.15, -0.1) is 0 Å². The maximum Gasteiger partial charge on any atom is 0.119 e.